The van der Waals surface area contributed by atoms with E-state index in [0.29, 0.717) is 0 Å². The Kier molecular flexibility index (Phi) is 1.77. The van der Waals surface area contributed by atoms with Crippen LogP contribution >= 0.6 is 0 Å². The van der Waals surface area contributed by atoms with Crippen LogP contribution in [0.25, 0.3) is 0 Å². The molecule has 0 radical (unpaired) electrons. The fraction of sp³-hybridized carbons (Fsp3) is 0.500. The van der Waals surface area contributed by atoms with E-state index in [1.54, 1.807) is 0 Å². The largest absolute Gasteiger partial charge is 0.368 e. The summed E-state index contributed by atoms with van der Waals surface area (Å²) in [6.07, 6.45) is 0. The van der Waals surface area contributed by atoms with E-state index >= 15 is 0 Å². The summed E-state index contributed by atoms with van der Waals surface area (Å²) in [7, 11) is 0. The van der Waals surface area contributed by atoms with E-state index in [9.17, 15) is 0 Å². The van der Waals surface area contributed by atoms with Crippen LogP contribution in [0.3, 0.4) is 0 Å². The minimum Gasteiger partial charge on any atom is -0.368 e. The maximum Gasteiger partial charge on any atom is 0.253 e. The van der Waals surface area contributed by atoms with Gasteiger partial charge in [-0.2, -0.15) is 10.2 Å². The number of nitrogen functional groups attached to an aromatic ring is 1. The zero-order chi connectivity index (χ0) is 8.43. The number of hydrogen-bond donors (Lipinski definition) is 1. The molecule has 0 aliphatic carbocycles. The summed E-state index contributed by atoms with van der Waals surface area (Å²) in [4.78, 5) is 3.72. The molecule has 0 fully saturated rings. The molecule has 0 aliphatic heterocycles. The third kappa shape index (κ3) is 1.29. The second kappa shape index (κ2) is 2.58. The van der Waals surface area contributed by atoms with Gasteiger partial charge in [0.25, 0.3) is 5.82 Å². The first-order valence-electron chi connectivity index (χ1n) is 3.27. The lowest BCUT2D eigenvalue weighted by Crippen LogP contribution is -2.07. The minimum absolute atomic E-state index is 0.121. The van der Waals surface area contributed by atoms with Crippen molar-refractivity contribution in [2.24, 2.45) is 0 Å². The van der Waals surface area contributed by atoms with Crippen molar-refractivity contribution in [1.29, 1.82) is 5.26 Å². The average molecular weight is 151 g/mol. The van der Waals surface area contributed by atoms with Crippen molar-refractivity contribution in [3.63, 3.8) is 0 Å². The van der Waals surface area contributed by atoms with Crippen molar-refractivity contribution in [1.82, 2.24) is 14.8 Å². The van der Waals surface area contributed by atoms with Crippen LogP contribution in [0.5, 0.6) is 0 Å². The molecular weight excluding hydrogens is 142 g/mol. The summed E-state index contributed by atoms with van der Waals surface area (Å²) in [6, 6.07) is 1.96. The van der Waals surface area contributed by atoms with Gasteiger partial charge in [0.2, 0.25) is 5.95 Å². The molecule has 5 nitrogen and oxygen atoms in total. The topological polar surface area (TPSA) is 80.5 Å². The summed E-state index contributed by atoms with van der Waals surface area (Å²) < 4.78 is 1.51. The first kappa shape index (κ1) is 7.54. The summed E-state index contributed by atoms with van der Waals surface area (Å²) >= 11 is 0. The van der Waals surface area contributed by atoms with Crippen molar-refractivity contribution >= 4 is 5.95 Å². The quantitative estimate of drug-likeness (QED) is 0.626. The van der Waals surface area contributed by atoms with Crippen molar-refractivity contribution < 1.29 is 0 Å². The predicted octanol–water partition coefficient (Wildman–Crippen LogP) is 0.313. The summed E-state index contributed by atoms with van der Waals surface area (Å²) in [5.41, 5.74) is 5.46. The molecule has 1 aromatic heterocycles. The molecule has 5 heteroatoms. The first-order chi connectivity index (χ1) is 5.15. The lowest BCUT2D eigenvalue weighted by atomic mass is 10.4. The number of rotatable bonds is 1. The van der Waals surface area contributed by atoms with Gasteiger partial charge in [0.15, 0.2) is 0 Å². The van der Waals surface area contributed by atoms with Crippen LogP contribution in [-0.4, -0.2) is 14.8 Å². The standard InChI is InChI=1S/C6H9N5/c1-4(2)11-6(8)9-5(3-7)10-11/h4H,1-2H3,(H2,8,9,10). The summed E-state index contributed by atoms with van der Waals surface area (Å²) in [5.74, 6) is 0.410. The molecule has 0 amide bonds. The highest BCUT2D eigenvalue weighted by Crippen LogP contribution is 2.07. The first-order valence-corrected chi connectivity index (χ1v) is 3.27. The Morgan fingerprint density at radius 1 is 1.64 bits per heavy atom. The molecule has 11 heavy (non-hydrogen) atoms. The number of aromatic nitrogens is 3. The molecule has 0 aliphatic rings. The van der Waals surface area contributed by atoms with Gasteiger partial charge in [-0.05, 0) is 13.8 Å². The van der Waals surface area contributed by atoms with Gasteiger partial charge in [-0.3, -0.25) is 0 Å². The molecule has 1 rings (SSSR count). The Balaban J connectivity index is 3.09. The van der Waals surface area contributed by atoms with Gasteiger partial charge in [-0.1, -0.05) is 0 Å². The van der Waals surface area contributed by atoms with E-state index in [0.717, 1.165) is 0 Å². The Hall–Kier alpha value is -1.57. The summed E-state index contributed by atoms with van der Waals surface area (Å²) in [5, 5.41) is 12.3. The van der Waals surface area contributed by atoms with E-state index in [4.69, 9.17) is 11.0 Å². The SMILES string of the molecule is CC(C)n1nc(C#N)nc1N. The van der Waals surface area contributed by atoms with Gasteiger partial charge in [-0.15, -0.1) is 5.10 Å². The lowest BCUT2D eigenvalue weighted by Gasteiger charge is -2.03. The lowest BCUT2D eigenvalue weighted by molar-refractivity contribution is 0.538. The molecule has 0 saturated carbocycles. The van der Waals surface area contributed by atoms with Crippen molar-refractivity contribution in [2.75, 3.05) is 5.73 Å². The van der Waals surface area contributed by atoms with Gasteiger partial charge in [0.05, 0.1) is 6.04 Å². The molecular formula is C6H9N5. The zero-order valence-corrected chi connectivity index (χ0v) is 6.44. The summed E-state index contributed by atoms with van der Waals surface area (Å²) in [6.45, 7) is 3.85. The number of hydrogen-bond acceptors (Lipinski definition) is 4. The zero-order valence-electron chi connectivity index (χ0n) is 6.44. The van der Waals surface area contributed by atoms with Crippen molar-refractivity contribution in [3.8, 4) is 6.07 Å². The van der Waals surface area contributed by atoms with Crippen LogP contribution < -0.4 is 5.73 Å². The monoisotopic (exact) mass is 151 g/mol. The smallest absolute Gasteiger partial charge is 0.253 e. The molecule has 0 unspecified atom stereocenters. The average Bonchev–Trinajstić information content (AvgIpc) is 2.30. The number of nitriles is 1. The van der Waals surface area contributed by atoms with E-state index < -0.39 is 0 Å². The fourth-order valence-corrected chi connectivity index (χ4v) is 0.763. The van der Waals surface area contributed by atoms with E-state index in [1.807, 2.05) is 19.9 Å². The van der Waals surface area contributed by atoms with Gasteiger partial charge >= 0.3 is 0 Å². The normalized spacial score (nSPS) is 10.0. The predicted molar refractivity (Wildman–Crippen MR) is 39.5 cm³/mol. The third-order valence-corrected chi connectivity index (χ3v) is 1.25. The van der Waals surface area contributed by atoms with Gasteiger partial charge in [0, 0.05) is 0 Å². The molecule has 1 aromatic rings. The Bertz CT molecular complexity index is 292. The fourth-order valence-electron chi connectivity index (χ4n) is 0.763. The minimum atomic E-state index is 0.121. The molecule has 0 atom stereocenters. The van der Waals surface area contributed by atoms with Crippen LogP contribution in [0.1, 0.15) is 25.7 Å². The van der Waals surface area contributed by atoms with Gasteiger partial charge in [-0.25, -0.2) is 4.68 Å². The number of nitrogens with two attached hydrogens (primary N) is 1. The van der Waals surface area contributed by atoms with Crippen LogP contribution in [0.4, 0.5) is 5.95 Å². The Morgan fingerprint density at radius 3 is 2.55 bits per heavy atom. The number of nitrogens with zero attached hydrogens (tertiary/aromatic N) is 4. The van der Waals surface area contributed by atoms with Crippen LogP contribution in [0, 0.1) is 11.3 Å². The maximum absolute atomic E-state index is 8.41. The van der Waals surface area contributed by atoms with E-state index in [1.165, 1.54) is 4.68 Å². The van der Waals surface area contributed by atoms with Crippen molar-refractivity contribution in [2.45, 2.75) is 19.9 Å². The van der Waals surface area contributed by atoms with Crippen LogP contribution in [0.2, 0.25) is 0 Å². The van der Waals surface area contributed by atoms with E-state index in [-0.39, 0.29) is 17.8 Å². The Morgan fingerprint density at radius 2 is 2.27 bits per heavy atom. The highest BCUT2D eigenvalue weighted by atomic mass is 15.4. The van der Waals surface area contributed by atoms with Crippen LogP contribution in [-0.2, 0) is 0 Å². The number of anilines is 1. The molecule has 58 valence electrons. The molecule has 1 heterocycles. The molecule has 0 bridgehead atoms. The molecule has 0 aromatic carbocycles. The van der Waals surface area contributed by atoms with Crippen LogP contribution in [0.15, 0.2) is 0 Å². The van der Waals surface area contributed by atoms with Gasteiger partial charge < -0.3 is 5.73 Å². The molecule has 2 N–H and O–H groups in total. The molecule has 0 saturated heterocycles. The molecule has 0 spiro atoms. The van der Waals surface area contributed by atoms with E-state index in [2.05, 4.69) is 10.1 Å². The third-order valence-electron chi connectivity index (χ3n) is 1.25. The highest BCUT2D eigenvalue weighted by Gasteiger charge is 2.07. The van der Waals surface area contributed by atoms with Gasteiger partial charge in [0.1, 0.15) is 6.07 Å². The maximum atomic E-state index is 8.41. The second-order valence-electron chi connectivity index (χ2n) is 2.44. The Labute approximate surface area is 64.5 Å². The second-order valence-corrected chi connectivity index (χ2v) is 2.44. The highest BCUT2D eigenvalue weighted by molar-refractivity contribution is 5.22. The van der Waals surface area contributed by atoms with Crippen molar-refractivity contribution in [3.05, 3.63) is 5.82 Å².